The second-order valence-corrected chi connectivity index (χ2v) is 5.39. The highest BCUT2D eigenvalue weighted by molar-refractivity contribution is 5.81. The highest BCUT2D eigenvalue weighted by atomic mass is 16.2. The van der Waals surface area contributed by atoms with Gasteiger partial charge < -0.3 is 10.6 Å². The fourth-order valence-corrected chi connectivity index (χ4v) is 2.56. The first-order chi connectivity index (χ1) is 9.27. The summed E-state index contributed by atoms with van der Waals surface area (Å²) in [6.45, 7) is 3.97. The molecule has 3 heteroatoms. The molecule has 1 aliphatic heterocycles. The van der Waals surface area contributed by atoms with Crippen LogP contribution in [-0.4, -0.2) is 25.0 Å². The predicted octanol–water partition coefficient (Wildman–Crippen LogP) is 2.44. The molecule has 1 aromatic rings. The van der Waals surface area contributed by atoms with Crippen LogP contribution in [0.25, 0.3) is 0 Å². The number of benzene rings is 1. The zero-order valence-corrected chi connectivity index (χ0v) is 11.7. The molecule has 0 radical (unpaired) electrons. The Labute approximate surface area is 115 Å². The summed E-state index contributed by atoms with van der Waals surface area (Å²) in [6, 6.07) is 10.6. The molecule has 0 aromatic heterocycles. The predicted molar refractivity (Wildman–Crippen MR) is 78.1 cm³/mol. The van der Waals surface area contributed by atoms with E-state index in [0.717, 1.165) is 38.8 Å². The van der Waals surface area contributed by atoms with Crippen LogP contribution in [0.2, 0.25) is 0 Å². The molecule has 2 rings (SSSR count). The Morgan fingerprint density at radius 1 is 1.32 bits per heavy atom. The maximum Gasteiger partial charge on any atom is 0.237 e. The number of amides is 1. The first kappa shape index (κ1) is 14.1. The normalized spacial score (nSPS) is 21.5. The van der Waals surface area contributed by atoms with Crippen LogP contribution < -0.4 is 10.6 Å². The molecule has 2 atom stereocenters. The summed E-state index contributed by atoms with van der Waals surface area (Å²) in [5, 5.41) is 6.36. The molecule has 0 spiro atoms. The third kappa shape index (κ3) is 4.35. The Hall–Kier alpha value is -1.35. The molecule has 3 nitrogen and oxygen atoms in total. The van der Waals surface area contributed by atoms with Gasteiger partial charge in [0.2, 0.25) is 5.91 Å². The molecular formula is C16H24N2O. The van der Waals surface area contributed by atoms with Crippen LogP contribution >= 0.6 is 0 Å². The fraction of sp³-hybridized carbons (Fsp3) is 0.562. The van der Waals surface area contributed by atoms with Gasteiger partial charge in [-0.1, -0.05) is 37.3 Å². The minimum Gasteiger partial charge on any atom is -0.355 e. The lowest BCUT2D eigenvalue weighted by Gasteiger charge is -2.17. The van der Waals surface area contributed by atoms with Crippen molar-refractivity contribution >= 4 is 5.91 Å². The molecule has 1 amide bonds. The van der Waals surface area contributed by atoms with Gasteiger partial charge in [-0.25, -0.2) is 0 Å². The molecule has 0 saturated carbocycles. The van der Waals surface area contributed by atoms with Crippen LogP contribution in [-0.2, 0) is 4.79 Å². The largest absolute Gasteiger partial charge is 0.355 e. The molecule has 19 heavy (non-hydrogen) atoms. The van der Waals surface area contributed by atoms with E-state index in [1.54, 1.807) is 0 Å². The van der Waals surface area contributed by atoms with E-state index in [1.807, 2.05) is 6.07 Å². The third-order valence-corrected chi connectivity index (χ3v) is 3.87. The molecule has 0 aliphatic carbocycles. The molecule has 104 valence electrons. The van der Waals surface area contributed by atoms with Crippen LogP contribution in [0.1, 0.15) is 44.1 Å². The maximum absolute atomic E-state index is 11.8. The molecule has 1 aromatic carbocycles. The summed E-state index contributed by atoms with van der Waals surface area (Å²) in [6.07, 6.45) is 4.26. The van der Waals surface area contributed by atoms with Crippen molar-refractivity contribution in [1.82, 2.24) is 10.6 Å². The van der Waals surface area contributed by atoms with E-state index < -0.39 is 0 Å². The van der Waals surface area contributed by atoms with Crippen LogP contribution in [0.15, 0.2) is 30.3 Å². The van der Waals surface area contributed by atoms with Gasteiger partial charge in [0.1, 0.15) is 0 Å². The lowest BCUT2D eigenvalue weighted by molar-refractivity contribution is -0.122. The molecule has 1 saturated heterocycles. The van der Waals surface area contributed by atoms with E-state index in [0.29, 0.717) is 5.92 Å². The van der Waals surface area contributed by atoms with Crippen LogP contribution in [0.4, 0.5) is 0 Å². The smallest absolute Gasteiger partial charge is 0.237 e. The Morgan fingerprint density at radius 2 is 2.11 bits per heavy atom. The summed E-state index contributed by atoms with van der Waals surface area (Å²) in [5.74, 6) is 0.701. The maximum atomic E-state index is 11.8. The van der Waals surface area contributed by atoms with Crippen LogP contribution in [0.3, 0.4) is 0 Å². The third-order valence-electron chi connectivity index (χ3n) is 3.87. The minimum atomic E-state index is 0.00507. The molecular weight excluding hydrogens is 236 g/mol. The van der Waals surface area contributed by atoms with Crippen molar-refractivity contribution in [3.05, 3.63) is 35.9 Å². The average molecular weight is 260 g/mol. The second kappa shape index (κ2) is 7.29. The van der Waals surface area contributed by atoms with Gasteiger partial charge in [0.05, 0.1) is 6.04 Å². The number of nitrogens with one attached hydrogen (secondary N) is 2. The van der Waals surface area contributed by atoms with Gasteiger partial charge in [-0.2, -0.15) is 0 Å². The number of carbonyl (C=O) groups is 1. The van der Waals surface area contributed by atoms with Crippen LogP contribution in [0.5, 0.6) is 0 Å². The van der Waals surface area contributed by atoms with E-state index in [9.17, 15) is 4.79 Å². The van der Waals surface area contributed by atoms with Crippen molar-refractivity contribution in [3.8, 4) is 0 Å². The van der Waals surface area contributed by atoms with Gasteiger partial charge >= 0.3 is 0 Å². The van der Waals surface area contributed by atoms with Crippen molar-refractivity contribution in [3.63, 3.8) is 0 Å². The van der Waals surface area contributed by atoms with Crippen molar-refractivity contribution in [2.75, 3.05) is 13.1 Å². The van der Waals surface area contributed by atoms with Gasteiger partial charge in [0.15, 0.2) is 0 Å². The standard InChI is InChI=1S/C16H24N2O/c1-13(14-7-3-2-4-8-14)10-12-17-15-9-5-6-11-18-16(15)19/h2-4,7-8,13,15,17H,5-6,9-12H2,1H3,(H,18,19). The van der Waals surface area contributed by atoms with E-state index in [-0.39, 0.29) is 11.9 Å². The van der Waals surface area contributed by atoms with Gasteiger partial charge in [0.25, 0.3) is 0 Å². The summed E-state index contributed by atoms with van der Waals surface area (Å²) in [4.78, 5) is 11.8. The number of hydrogen-bond donors (Lipinski definition) is 2. The lowest BCUT2D eigenvalue weighted by Crippen LogP contribution is -2.43. The number of rotatable bonds is 5. The molecule has 1 heterocycles. The Balaban J connectivity index is 1.75. The van der Waals surface area contributed by atoms with E-state index >= 15 is 0 Å². The summed E-state index contributed by atoms with van der Waals surface area (Å²) < 4.78 is 0. The highest BCUT2D eigenvalue weighted by Gasteiger charge is 2.19. The Kier molecular flexibility index (Phi) is 5.40. The molecule has 0 bridgehead atoms. The van der Waals surface area contributed by atoms with Gasteiger partial charge in [0, 0.05) is 6.54 Å². The first-order valence-electron chi connectivity index (χ1n) is 7.33. The Bertz CT molecular complexity index is 391. The van der Waals surface area contributed by atoms with Crippen molar-refractivity contribution in [1.29, 1.82) is 0 Å². The number of carbonyl (C=O) groups excluding carboxylic acids is 1. The van der Waals surface area contributed by atoms with E-state index in [2.05, 4.69) is 41.8 Å². The Morgan fingerprint density at radius 3 is 2.89 bits per heavy atom. The summed E-state index contributed by atoms with van der Waals surface area (Å²) in [5.41, 5.74) is 1.37. The highest BCUT2D eigenvalue weighted by Crippen LogP contribution is 2.17. The quantitative estimate of drug-likeness (QED) is 0.854. The van der Waals surface area contributed by atoms with E-state index in [4.69, 9.17) is 0 Å². The molecule has 1 fully saturated rings. The van der Waals surface area contributed by atoms with Crippen molar-refractivity contribution < 1.29 is 4.79 Å². The molecule has 1 aliphatic rings. The number of hydrogen-bond acceptors (Lipinski definition) is 2. The SMILES string of the molecule is CC(CCNC1CCCCNC1=O)c1ccccc1. The molecule has 2 N–H and O–H groups in total. The second-order valence-electron chi connectivity index (χ2n) is 5.39. The fourth-order valence-electron chi connectivity index (χ4n) is 2.56. The van der Waals surface area contributed by atoms with Gasteiger partial charge in [-0.05, 0) is 43.7 Å². The average Bonchev–Trinajstić information content (AvgIpc) is 2.65. The van der Waals surface area contributed by atoms with Crippen molar-refractivity contribution in [2.24, 2.45) is 0 Å². The minimum absolute atomic E-state index is 0.00507. The van der Waals surface area contributed by atoms with Crippen LogP contribution in [0, 0.1) is 0 Å². The summed E-state index contributed by atoms with van der Waals surface area (Å²) >= 11 is 0. The topological polar surface area (TPSA) is 41.1 Å². The van der Waals surface area contributed by atoms with Gasteiger partial charge in [-0.15, -0.1) is 0 Å². The molecule has 2 unspecified atom stereocenters. The zero-order valence-electron chi connectivity index (χ0n) is 11.7. The zero-order chi connectivity index (χ0) is 13.5. The van der Waals surface area contributed by atoms with Gasteiger partial charge in [-0.3, -0.25) is 4.79 Å². The lowest BCUT2D eigenvalue weighted by atomic mass is 9.98. The van der Waals surface area contributed by atoms with E-state index in [1.165, 1.54) is 5.56 Å². The summed E-state index contributed by atoms with van der Waals surface area (Å²) in [7, 11) is 0. The first-order valence-corrected chi connectivity index (χ1v) is 7.33. The monoisotopic (exact) mass is 260 g/mol. The van der Waals surface area contributed by atoms with Crippen molar-refractivity contribution in [2.45, 2.75) is 44.6 Å².